The van der Waals surface area contributed by atoms with Crippen LogP contribution in [0.3, 0.4) is 0 Å². The minimum atomic E-state index is 0.399. The zero-order chi connectivity index (χ0) is 8.81. The minimum absolute atomic E-state index is 0.399. The lowest BCUT2D eigenvalue weighted by atomic mass is 10.3. The van der Waals surface area contributed by atoms with Crippen molar-refractivity contribution in [2.75, 3.05) is 19.3 Å². The SMILES string of the molecule is C=CCSN1NNCCC1NC. The summed E-state index contributed by atoms with van der Waals surface area (Å²) in [5.74, 6) is 0.923. The van der Waals surface area contributed by atoms with Crippen molar-refractivity contribution in [3.05, 3.63) is 12.7 Å². The third-order valence-electron chi connectivity index (χ3n) is 1.68. The van der Waals surface area contributed by atoms with Crippen molar-refractivity contribution in [3.8, 4) is 0 Å². The third kappa shape index (κ3) is 2.76. The van der Waals surface area contributed by atoms with Gasteiger partial charge in [-0.2, -0.15) is 9.95 Å². The Balaban J connectivity index is 2.30. The van der Waals surface area contributed by atoms with E-state index in [0.29, 0.717) is 6.17 Å². The Morgan fingerprint density at radius 2 is 2.67 bits per heavy atom. The van der Waals surface area contributed by atoms with E-state index in [9.17, 15) is 0 Å². The van der Waals surface area contributed by atoms with Gasteiger partial charge in [0.15, 0.2) is 0 Å². The van der Waals surface area contributed by atoms with E-state index in [1.165, 1.54) is 0 Å². The van der Waals surface area contributed by atoms with Crippen LogP contribution in [-0.4, -0.2) is 29.9 Å². The van der Waals surface area contributed by atoms with Gasteiger partial charge in [-0.25, -0.2) is 5.43 Å². The summed E-state index contributed by atoms with van der Waals surface area (Å²) in [5, 5.41) is 3.23. The molecule has 0 bridgehead atoms. The summed E-state index contributed by atoms with van der Waals surface area (Å²) in [4.78, 5) is 0. The molecule has 0 aromatic rings. The lowest BCUT2D eigenvalue weighted by Crippen LogP contribution is -2.58. The number of rotatable bonds is 4. The number of hydrogen-bond acceptors (Lipinski definition) is 5. The summed E-state index contributed by atoms with van der Waals surface area (Å²) in [6, 6.07) is 0. The van der Waals surface area contributed by atoms with E-state index in [2.05, 4.69) is 27.3 Å². The first-order valence-electron chi connectivity index (χ1n) is 4.07. The molecule has 1 atom stereocenters. The van der Waals surface area contributed by atoms with Gasteiger partial charge in [-0.3, -0.25) is 0 Å². The van der Waals surface area contributed by atoms with E-state index in [1.54, 1.807) is 11.9 Å². The molecule has 0 aromatic heterocycles. The van der Waals surface area contributed by atoms with Crippen LogP contribution in [0.4, 0.5) is 0 Å². The van der Waals surface area contributed by atoms with Gasteiger partial charge in [-0.15, -0.1) is 6.58 Å². The van der Waals surface area contributed by atoms with E-state index in [-0.39, 0.29) is 0 Å². The van der Waals surface area contributed by atoms with Gasteiger partial charge in [-0.05, 0) is 13.5 Å². The van der Waals surface area contributed by atoms with Gasteiger partial charge in [0.1, 0.15) is 0 Å². The summed E-state index contributed by atoms with van der Waals surface area (Å²) in [5.41, 5.74) is 6.18. The fourth-order valence-electron chi connectivity index (χ4n) is 1.05. The molecule has 0 saturated carbocycles. The molecular formula is C7H16N4S. The van der Waals surface area contributed by atoms with Crippen molar-refractivity contribution in [2.45, 2.75) is 12.6 Å². The van der Waals surface area contributed by atoms with Crippen LogP contribution in [0, 0.1) is 0 Å². The van der Waals surface area contributed by atoms with E-state index in [0.717, 1.165) is 18.7 Å². The van der Waals surface area contributed by atoms with Crippen LogP contribution in [0.5, 0.6) is 0 Å². The Labute approximate surface area is 77.8 Å². The molecular weight excluding hydrogens is 172 g/mol. The molecule has 5 heteroatoms. The predicted molar refractivity (Wildman–Crippen MR) is 53.1 cm³/mol. The number of nitrogens with zero attached hydrogens (tertiary/aromatic N) is 1. The van der Waals surface area contributed by atoms with Gasteiger partial charge in [-0.1, -0.05) is 18.0 Å². The smallest absolute Gasteiger partial charge is 0.0871 e. The molecule has 3 N–H and O–H groups in total. The first-order valence-corrected chi connectivity index (χ1v) is 5.01. The van der Waals surface area contributed by atoms with Crippen molar-refractivity contribution in [2.24, 2.45) is 0 Å². The largest absolute Gasteiger partial charge is 0.303 e. The molecule has 4 nitrogen and oxygen atoms in total. The maximum absolute atomic E-state index is 3.68. The molecule has 12 heavy (non-hydrogen) atoms. The van der Waals surface area contributed by atoms with Crippen molar-refractivity contribution in [3.63, 3.8) is 0 Å². The normalized spacial score (nSPS) is 25.6. The van der Waals surface area contributed by atoms with Crippen molar-refractivity contribution < 1.29 is 0 Å². The molecule has 0 amide bonds. The van der Waals surface area contributed by atoms with Crippen LogP contribution in [0.15, 0.2) is 12.7 Å². The number of hydrogen-bond donors (Lipinski definition) is 3. The fraction of sp³-hybridized carbons (Fsp3) is 0.714. The fourth-order valence-corrected chi connectivity index (χ4v) is 1.84. The summed E-state index contributed by atoms with van der Waals surface area (Å²) in [7, 11) is 1.97. The monoisotopic (exact) mass is 188 g/mol. The molecule has 1 saturated heterocycles. The van der Waals surface area contributed by atoms with E-state index >= 15 is 0 Å². The van der Waals surface area contributed by atoms with Crippen molar-refractivity contribution >= 4 is 11.9 Å². The molecule has 0 radical (unpaired) electrons. The molecule has 0 aliphatic carbocycles. The Hall–Kier alpha value is -0.0700. The van der Waals surface area contributed by atoms with E-state index in [4.69, 9.17) is 0 Å². The molecule has 1 rings (SSSR count). The van der Waals surface area contributed by atoms with Gasteiger partial charge < -0.3 is 5.32 Å². The number of hydrazine groups is 2. The zero-order valence-electron chi connectivity index (χ0n) is 7.34. The average Bonchev–Trinajstić information content (AvgIpc) is 2.15. The van der Waals surface area contributed by atoms with Crippen molar-refractivity contribution in [1.29, 1.82) is 0 Å². The Bertz CT molecular complexity index is 141. The second kappa shape index (κ2) is 5.55. The summed E-state index contributed by atoms with van der Waals surface area (Å²) >= 11 is 1.71. The highest BCUT2D eigenvalue weighted by atomic mass is 32.2. The first kappa shape index (κ1) is 10.0. The zero-order valence-corrected chi connectivity index (χ0v) is 8.16. The third-order valence-corrected chi connectivity index (χ3v) is 2.69. The van der Waals surface area contributed by atoms with Gasteiger partial charge in [0.25, 0.3) is 0 Å². The summed E-state index contributed by atoms with van der Waals surface area (Å²) in [6.45, 7) is 4.68. The van der Waals surface area contributed by atoms with Crippen LogP contribution in [-0.2, 0) is 0 Å². The minimum Gasteiger partial charge on any atom is -0.303 e. The van der Waals surface area contributed by atoms with Gasteiger partial charge in [0.05, 0.1) is 6.17 Å². The highest BCUT2D eigenvalue weighted by Gasteiger charge is 2.19. The predicted octanol–water partition coefficient (Wildman–Crippen LogP) is 0.0810. The van der Waals surface area contributed by atoms with Crippen LogP contribution in [0.2, 0.25) is 0 Å². The quantitative estimate of drug-likeness (QED) is 0.430. The Kier molecular flexibility index (Phi) is 4.63. The van der Waals surface area contributed by atoms with Crippen LogP contribution >= 0.6 is 11.9 Å². The summed E-state index contributed by atoms with van der Waals surface area (Å²) < 4.78 is 2.07. The molecule has 0 aromatic carbocycles. The molecule has 1 heterocycles. The maximum atomic E-state index is 3.68. The Morgan fingerprint density at radius 1 is 1.83 bits per heavy atom. The lowest BCUT2D eigenvalue weighted by Gasteiger charge is -2.34. The van der Waals surface area contributed by atoms with Crippen LogP contribution < -0.4 is 16.3 Å². The van der Waals surface area contributed by atoms with Crippen LogP contribution in [0.25, 0.3) is 0 Å². The first-order chi connectivity index (χ1) is 5.88. The number of nitrogens with one attached hydrogen (secondary N) is 3. The Morgan fingerprint density at radius 3 is 3.33 bits per heavy atom. The second-order valence-corrected chi connectivity index (χ2v) is 3.53. The average molecular weight is 188 g/mol. The lowest BCUT2D eigenvalue weighted by molar-refractivity contribution is 0.148. The molecule has 1 aliphatic rings. The maximum Gasteiger partial charge on any atom is 0.0871 e. The van der Waals surface area contributed by atoms with Crippen molar-refractivity contribution in [1.82, 2.24) is 20.7 Å². The molecule has 1 fully saturated rings. The summed E-state index contributed by atoms with van der Waals surface area (Å²) in [6.07, 6.45) is 3.40. The highest BCUT2D eigenvalue weighted by Crippen LogP contribution is 2.13. The van der Waals surface area contributed by atoms with E-state index < -0.39 is 0 Å². The van der Waals surface area contributed by atoms with Gasteiger partial charge in [0.2, 0.25) is 0 Å². The molecule has 0 spiro atoms. The second-order valence-electron chi connectivity index (χ2n) is 2.54. The molecule has 70 valence electrons. The standard InChI is InChI=1S/C7H16N4S/c1-3-6-12-11-7(8-2)4-5-9-10-11/h3,7-10H,1,4-6H2,2H3. The van der Waals surface area contributed by atoms with Gasteiger partial charge >= 0.3 is 0 Å². The highest BCUT2D eigenvalue weighted by molar-refractivity contribution is 7.97. The van der Waals surface area contributed by atoms with Crippen LogP contribution in [0.1, 0.15) is 6.42 Å². The molecule has 1 aliphatic heterocycles. The topological polar surface area (TPSA) is 39.3 Å². The van der Waals surface area contributed by atoms with Gasteiger partial charge in [0, 0.05) is 12.3 Å². The van der Waals surface area contributed by atoms with E-state index in [1.807, 2.05) is 13.1 Å². The molecule has 1 unspecified atom stereocenters.